The van der Waals surface area contributed by atoms with Gasteiger partial charge in [0.25, 0.3) is 0 Å². The highest BCUT2D eigenvalue weighted by Crippen LogP contribution is 2.23. The van der Waals surface area contributed by atoms with E-state index in [4.69, 9.17) is 11.6 Å². The number of piperidine rings is 2. The molecule has 2 heterocycles. The summed E-state index contributed by atoms with van der Waals surface area (Å²) in [7, 11) is -3.01. The number of sulfonamides is 1. The van der Waals surface area contributed by atoms with Crippen LogP contribution >= 0.6 is 11.6 Å². The van der Waals surface area contributed by atoms with Gasteiger partial charge in [-0.1, -0.05) is 0 Å². The Kier molecular flexibility index (Phi) is 5.52. The smallest absolute Gasteiger partial charge is 0.211 e. The average molecular weight is 309 g/mol. The molecule has 0 aromatic heterocycles. The van der Waals surface area contributed by atoms with Gasteiger partial charge in [0.15, 0.2) is 0 Å². The molecule has 2 fully saturated rings. The number of likely N-dealkylation sites (tertiary alicyclic amines) is 1. The van der Waals surface area contributed by atoms with Crippen LogP contribution < -0.4 is 0 Å². The van der Waals surface area contributed by atoms with Gasteiger partial charge in [0, 0.05) is 25.5 Å². The fourth-order valence-corrected chi connectivity index (χ4v) is 4.42. The lowest BCUT2D eigenvalue weighted by molar-refractivity contribution is 0.141. The Morgan fingerprint density at radius 2 is 1.79 bits per heavy atom. The molecule has 112 valence electrons. The number of hydrogen-bond donors (Lipinski definition) is 0. The van der Waals surface area contributed by atoms with Crippen LogP contribution in [0.5, 0.6) is 0 Å². The molecule has 2 rings (SSSR count). The van der Waals surface area contributed by atoms with Gasteiger partial charge in [0.2, 0.25) is 10.0 Å². The fraction of sp³-hybridized carbons (Fsp3) is 1.00. The van der Waals surface area contributed by atoms with Crippen LogP contribution in [0.1, 0.15) is 25.7 Å². The predicted octanol–water partition coefficient (Wildman–Crippen LogP) is 1.61. The highest BCUT2D eigenvalue weighted by molar-refractivity contribution is 7.88. The summed E-state index contributed by atoms with van der Waals surface area (Å²) in [6.45, 7) is 4.68. The standard InChI is InChI=1S/C13H25ClN2O2S/c1-19(17,18)16-6-2-3-13(11-16)10-15-7-4-12(9-14)5-8-15/h12-13H,2-11H2,1H3. The van der Waals surface area contributed by atoms with Crippen LogP contribution in [0.4, 0.5) is 0 Å². The van der Waals surface area contributed by atoms with Gasteiger partial charge >= 0.3 is 0 Å². The molecular formula is C13H25ClN2O2S. The second-order valence-electron chi connectivity index (χ2n) is 6.03. The summed E-state index contributed by atoms with van der Waals surface area (Å²) in [5, 5.41) is 0. The van der Waals surface area contributed by atoms with E-state index in [2.05, 4.69) is 4.90 Å². The van der Waals surface area contributed by atoms with Gasteiger partial charge in [-0.05, 0) is 50.6 Å². The van der Waals surface area contributed by atoms with Crippen molar-refractivity contribution in [3.8, 4) is 0 Å². The average Bonchev–Trinajstić information content (AvgIpc) is 2.39. The first-order valence-electron chi connectivity index (χ1n) is 7.22. The molecule has 4 nitrogen and oxygen atoms in total. The zero-order valence-electron chi connectivity index (χ0n) is 11.7. The molecule has 0 aromatic rings. The van der Waals surface area contributed by atoms with Crippen molar-refractivity contribution in [2.45, 2.75) is 25.7 Å². The van der Waals surface area contributed by atoms with E-state index in [-0.39, 0.29) is 0 Å². The maximum absolute atomic E-state index is 11.6. The van der Waals surface area contributed by atoms with E-state index in [0.717, 1.165) is 38.4 Å². The Balaban J connectivity index is 1.80. The summed E-state index contributed by atoms with van der Waals surface area (Å²) in [6.07, 6.45) is 5.84. The van der Waals surface area contributed by atoms with Gasteiger partial charge in [0.05, 0.1) is 6.26 Å². The number of rotatable bonds is 4. The minimum Gasteiger partial charge on any atom is -0.303 e. The number of alkyl halides is 1. The van der Waals surface area contributed by atoms with Crippen LogP contribution in [0, 0.1) is 11.8 Å². The van der Waals surface area contributed by atoms with Crippen molar-refractivity contribution >= 4 is 21.6 Å². The maximum Gasteiger partial charge on any atom is 0.211 e. The summed E-state index contributed by atoms with van der Waals surface area (Å²) >= 11 is 5.90. The molecule has 0 spiro atoms. The van der Waals surface area contributed by atoms with Crippen LogP contribution in [-0.4, -0.2) is 62.5 Å². The van der Waals surface area contributed by atoms with Crippen molar-refractivity contribution in [3.63, 3.8) is 0 Å². The second-order valence-corrected chi connectivity index (χ2v) is 8.32. The van der Waals surface area contributed by atoms with E-state index in [0.29, 0.717) is 24.9 Å². The molecular weight excluding hydrogens is 284 g/mol. The summed E-state index contributed by atoms with van der Waals surface area (Å²) in [5.74, 6) is 1.95. The number of halogens is 1. The number of hydrogen-bond acceptors (Lipinski definition) is 3. The zero-order valence-corrected chi connectivity index (χ0v) is 13.3. The van der Waals surface area contributed by atoms with Gasteiger partial charge in [-0.25, -0.2) is 12.7 Å². The van der Waals surface area contributed by atoms with E-state index in [1.54, 1.807) is 4.31 Å². The lowest BCUT2D eigenvalue weighted by Gasteiger charge is -2.37. The van der Waals surface area contributed by atoms with E-state index in [9.17, 15) is 8.42 Å². The highest BCUT2D eigenvalue weighted by Gasteiger charge is 2.28. The molecule has 0 aliphatic carbocycles. The highest BCUT2D eigenvalue weighted by atomic mass is 35.5. The monoisotopic (exact) mass is 308 g/mol. The maximum atomic E-state index is 11.6. The Morgan fingerprint density at radius 1 is 1.11 bits per heavy atom. The molecule has 0 aromatic carbocycles. The minimum absolute atomic E-state index is 0.496. The van der Waals surface area contributed by atoms with Gasteiger partial charge in [-0.3, -0.25) is 0 Å². The van der Waals surface area contributed by atoms with Crippen LogP contribution in [-0.2, 0) is 10.0 Å². The summed E-state index contributed by atoms with van der Waals surface area (Å²) in [4.78, 5) is 2.49. The zero-order chi connectivity index (χ0) is 13.9. The third kappa shape index (κ3) is 4.59. The SMILES string of the molecule is CS(=O)(=O)N1CCCC(CN2CCC(CCl)CC2)C1. The van der Waals surface area contributed by atoms with Crippen molar-refractivity contribution < 1.29 is 8.42 Å². The Labute approximate surface area is 122 Å². The lowest BCUT2D eigenvalue weighted by atomic mass is 9.95. The van der Waals surface area contributed by atoms with Crippen molar-refractivity contribution in [3.05, 3.63) is 0 Å². The quantitative estimate of drug-likeness (QED) is 0.741. The molecule has 1 unspecified atom stereocenters. The molecule has 2 aliphatic rings. The first-order chi connectivity index (χ1) is 8.99. The predicted molar refractivity (Wildman–Crippen MR) is 79.0 cm³/mol. The van der Waals surface area contributed by atoms with E-state index in [1.807, 2.05) is 0 Å². The largest absolute Gasteiger partial charge is 0.303 e. The lowest BCUT2D eigenvalue weighted by Crippen LogP contribution is -2.45. The van der Waals surface area contributed by atoms with Crippen LogP contribution in [0.25, 0.3) is 0 Å². The first-order valence-corrected chi connectivity index (χ1v) is 9.60. The molecule has 1 atom stereocenters. The molecule has 0 amide bonds. The third-order valence-electron chi connectivity index (χ3n) is 4.39. The van der Waals surface area contributed by atoms with Crippen LogP contribution in [0.15, 0.2) is 0 Å². The van der Waals surface area contributed by atoms with Gasteiger partial charge in [-0.15, -0.1) is 11.6 Å². The van der Waals surface area contributed by atoms with Gasteiger partial charge in [-0.2, -0.15) is 0 Å². The first kappa shape index (κ1) is 15.5. The van der Waals surface area contributed by atoms with Crippen molar-refractivity contribution in [2.75, 3.05) is 44.9 Å². The van der Waals surface area contributed by atoms with Crippen molar-refractivity contribution in [1.29, 1.82) is 0 Å². The molecule has 19 heavy (non-hydrogen) atoms. The number of nitrogens with zero attached hydrogens (tertiary/aromatic N) is 2. The van der Waals surface area contributed by atoms with E-state index >= 15 is 0 Å². The van der Waals surface area contributed by atoms with E-state index < -0.39 is 10.0 Å². The van der Waals surface area contributed by atoms with E-state index in [1.165, 1.54) is 19.1 Å². The molecule has 2 saturated heterocycles. The van der Waals surface area contributed by atoms with Crippen LogP contribution in [0.2, 0.25) is 0 Å². The molecule has 6 heteroatoms. The molecule has 0 radical (unpaired) electrons. The van der Waals surface area contributed by atoms with Crippen molar-refractivity contribution in [2.24, 2.45) is 11.8 Å². The van der Waals surface area contributed by atoms with Gasteiger partial charge in [0.1, 0.15) is 0 Å². The Morgan fingerprint density at radius 3 is 2.37 bits per heavy atom. The minimum atomic E-state index is -3.01. The molecule has 0 bridgehead atoms. The topological polar surface area (TPSA) is 40.6 Å². The Hall–Kier alpha value is 0.160. The van der Waals surface area contributed by atoms with Crippen molar-refractivity contribution in [1.82, 2.24) is 9.21 Å². The Bertz CT molecular complexity index is 380. The summed E-state index contributed by atoms with van der Waals surface area (Å²) < 4.78 is 24.9. The normalized spacial score (nSPS) is 28.6. The summed E-state index contributed by atoms with van der Waals surface area (Å²) in [6, 6.07) is 0. The fourth-order valence-electron chi connectivity index (χ4n) is 3.17. The molecule has 0 N–H and O–H groups in total. The molecule has 0 saturated carbocycles. The molecule has 2 aliphatic heterocycles. The van der Waals surface area contributed by atoms with Crippen LogP contribution in [0.3, 0.4) is 0 Å². The summed E-state index contributed by atoms with van der Waals surface area (Å²) in [5.41, 5.74) is 0. The second kappa shape index (κ2) is 6.74. The van der Waals surface area contributed by atoms with Gasteiger partial charge < -0.3 is 4.90 Å². The third-order valence-corrected chi connectivity index (χ3v) is 6.10.